The lowest BCUT2D eigenvalue weighted by Gasteiger charge is -2.13. The number of hydrogen-bond donors (Lipinski definition) is 0. The van der Waals surface area contributed by atoms with Crippen LogP contribution in [0.25, 0.3) is 16.9 Å². The fourth-order valence-corrected chi connectivity index (χ4v) is 6.15. The Hall–Kier alpha value is -2.74. The monoisotopic (exact) mass is 552 g/mol. The molecule has 2 aromatic carbocycles. The summed E-state index contributed by atoms with van der Waals surface area (Å²) in [6.45, 7) is 9.02. The van der Waals surface area contributed by atoms with Crippen LogP contribution in [0, 0.1) is 0 Å². The summed E-state index contributed by atoms with van der Waals surface area (Å²) in [5.41, 5.74) is 21.5. The molecule has 0 atom stereocenters. The van der Waals surface area contributed by atoms with E-state index in [0.29, 0.717) is 0 Å². The van der Waals surface area contributed by atoms with Gasteiger partial charge in [-0.25, -0.2) is 4.70 Å². The van der Waals surface area contributed by atoms with Crippen LogP contribution in [0.1, 0.15) is 146 Å². The van der Waals surface area contributed by atoms with Gasteiger partial charge in [0.1, 0.15) is 0 Å². The first-order chi connectivity index (χ1) is 20.2. The van der Waals surface area contributed by atoms with Crippen LogP contribution in [-0.2, 0) is 12.8 Å². The SMILES string of the molecule is CCCCCCCCCC=CCCc1ccccc1C1=C(CCCC)C(CC)=C(c2cccc(CCCC)c2)[N+]1=[N-]. The lowest BCUT2D eigenvalue weighted by Crippen LogP contribution is -2.05. The highest BCUT2D eigenvalue weighted by atomic mass is 15.2. The van der Waals surface area contributed by atoms with E-state index in [-0.39, 0.29) is 0 Å². The van der Waals surface area contributed by atoms with Gasteiger partial charge in [-0.15, -0.1) is 0 Å². The van der Waals surface area contributed by atoms with Crippen LogP contribution in [0.5, 0.6) is 0 Å². The van der Waals surface area contributed by atoms with E-state index in [1.165, 1.54) is 96.7 Å². The molecule has 3 rings (SSSR count). The van der Waals surface area contributed by atoms with Gasteiger partial charge in [-0.05, 0) is 87.1 Å². The summed E-state index contributed by atoms with van der Waals surface area (Å²) in [7, 11) is 0. The quantitative estimate of drug-likeness (QED) is 0.0886. The Balaban J connectivity index is 1.77. The molecule has 0 aliphatic carbocycles. The summed E-state index contributed by atoms with van der Waals surface area (Å²) in [4.78, 5) is 0. The molecule has 0 fully saturated rings. The van der Waals surface area contributed by atoms with Crippen molar-refractivity contribution in [3.05, 3.63) is 99.6 Å². The molecule has 41 heavy (non-hydrogen) atoms. The van der Waals surface area contributed by atoms with Gasteiger partial charge in [0.25, 0.3) is 0 Å². The highest BCUT2D eigenvalue weighted by Gasteiger charge is 2.35. The third-order valence-electron chi connectivity index (χ3n) is 8.51. The van der Waals surface area contributed by atoms with Gasteiger partial charge in [0.05, 0.1) is 0 Å². The molecule has 1 heterocycles. The topological polar surface area (TPSA) is 25.3 Å². The van der Waals surface area contributed by atoms with Gasteiger partial charge in [0, 0.05) is 22.3 Å². The molecule has 0 bridgehead atoms. The van der Waals surface area contributed by atoms with Crippen molar-refractivity contribution in [1.29, 1.82) is 0 Å². The molecule has 0 saturated carbocycles. The van der Waals surface area contributed by atoms with Crippen molar-refractivity contribution in [2.45, 2.75) is 137 Å². The maximum Gasteiger partial charge on any atom is 0.211 e. The van der Waals surface area contributed by atoms with Crippen molar-refractivity contribution in [2.75, 3.05) is 0 Å². The van der Waals surface area contributed by atoms with E-state index < -0.39 is 0 Å². The summed E-state index contributed by atoms with van der Waals surface area (Å²) in [5.74, 6) is 0. The summed E-state index contributed by atoms with van der Waals surface area (Å²) in [6.07, 6.45) is 25.2. The van der Waals surface area contributed by atoms with Gasteiger partial charge >= 0.3 is 0 Å². The molecule has 0 aromatic heterocycles. The Morgan fingerprint density at radius 1 is 0.610 bits per heavy atom. The number of unbranched alkanes of at least 4 members (excludes halogenated alkanes) is 9. The van der Waals surface area contributed by atoms with Crippen LogP contribution >= 0.6 is 0 Å². The summed E-state index contributed by atoms with van der Waals surface area (Å²) in [5, 5.41) is 0. The number of rotatable bonds is 20. The molecule has 0 amide bonds. The molecule has 0 radical (unpaired) electrons. The minimum atomic E-state index is 0.914. The van der Waals surface area contributed by atoms with Gasteiger partial charge in [0.2, 0.25) is 11.4 Å². The molecule has 0 N–H and O–H groups in total. The third kappa shape index (κ3) is 9.66. The van der Waals surface area contributed by atoms with Gasteiger partial charge in [0.15, 0.2) is 0 Å². The van der Waals surface area contributed by atoms with Crippen LogP contribution < -0.4 is 0 Å². The molecular weight excluding hydrogens is 496 g/mol. The first-order valence-electron chi connectivity index (χ1n) is 16.9. The first-order valence-corrected chi connectivity index (χ1v) is 16.9. The molecule has 1 aliphatic heterocycles. The van der Waals surface area contributed by atoms with Crippen molar-refractivity contribution in [3.63, 3.8) is 0 Å². The zero-order valence-corrected chi connectivity index (χ0v) is 26.7. The van der Waals surface area contributed by atoms with Crippen molar-refractivity contribution in [2.24, 2.45) is 0 Å². The van der Waals surface area contributed by atoms with E-state index in [1.807, 2.05) is 0 Å². The lowest BCUT2D eigenvalue weighted by atomic mass is 9.92. The Labute approximate surface area is 252 Å². The molecule has 2 aromatic rings. The highest BCUT2D eigenvalue weighted by molar-refractivity contribution is 5.82. The summed E-state index contributed by atoms with van der Waals surface area (Å²) in [6, 6.07) is 17.6. The maximum absolute atomic E-state index is 11.9. The standard InChI is InChI=1S/C39H56N2/c1-5-9-12-13-14-15-16-17-18-19-20-26-33-27-21-22-30-36(33)39-37(29-11-7-3)35(8-4)38(41(39)40)34-28-23-25-32(31-34)24-10-6-2/h18-19,21-23,25,27-28,30-31H,5-17,20,24,26,29H2,1-4H3. The van der Waals surface area contributed by atoms with Crippen molar-refractivity contribution < 1.29 is 4.70 Å². The predicted molar refractivity (Wildman–Crippen MR) is 179 cm³/mol. The van der Waals surface area contributed by atoms with Crippen molar-refractivity contribution >= 4 is 11.4 Å². The molecule has 0 spiro atoms. The van der Waals surface area contributed by atoms with E-state index in [1.54, 1.807) is 0 Å². The Kier molecular flexibility index (Phi) is 14.9. The van der Waals surface area contributed by atoms with Crippen LogP contribution in [0.4, 0.5) is 0 Å². The molecule has 2 heteroatoms. The highest BCUT2D eigenvalue weighted by Crippen LogP contribution is 2.44. The molecule has 222 valence electrons. The molecule has 0 saturated heterocycles. The smallest absolute Gasteiger partial charge is 0.211 e. The van der Waals surface area contributed by atoms with E-state index in [0.717, 1.165) is 61.9 Å². The van der Waals surface area contributed by atoms with Gasteiger partial charge < -0.3 is 5.53 Å². The van der Waals surface area contributed by atoms with Gasteiger partial charge in [-0.2, -0.15) is 0 Å². The third-order valence-corrected chi connectivity index (χ3v) is 8.51. The molecule has 1 aliphatic rings. The van der Waals surface area contributed by atoms with Gasteiger partial charge in [-0.3, -0.25) is 0 Å². The Morgan fingerprint density at radius 3 is 2.05 bits per heavy atom. The van der Waals surface area contributed by atoms with Crippen molar-refractivity contribution in [1.82, 2.24) is 0 Å². The molecule has 2 nitrogen and oxygen atoms in total. The summed E-state index contributed by atoms with van der Waals surface area (Å²) >= 11 is 0. The number of hydrogen-bond acceptors (Lipinski definition) is 0. The van der Waals surface area contributed by atoms with E-state index >= 15 is 0 Å². The number of aryl methyl sites for hydroxylation is 2. The zero-order valence-electron chi connectivity index (χ0n) is 26.7. The molecular formula is C39H56N2. The molecule has 0 unspecified atom stereocenters. The van der Waals surface area contributed by atoms with Crippen molar-refractivity contribution in [3.8, 4) is 0 Å². The second-order valence-electron chi connectivity index (χ2n) is 11.8. The normalized spacial score (nSPS) is 13.8. The first kappa shape index (κ1) is 32.8. The second-order valence-corrected chi connectivity index (χ2v) is 11.8. The largest absolute Gasteiger partial charge is 0.493 e. The Morgan fingerprint density at radius 2 is 1.29 bits per heavy atom. The average Bonchev–Trinajstić information content (AvgIpc) is 3.28. The van der Waals surface area contributed by atoms with Crippen LogP contribution in [0.15, 0.2) is 71.8 Å². The predicted octanol–water partition coefficient (Wildman–Crippen LogP) is 12.4. The zero-order chi connectivity index (χ0) is 29.3. The Bertz CT molecular complexity index is 1180. The van der Waals surface area contributed by atoms with E-state index in [2.05, 4.69) is 88.4 Å². The minimum absolute atomic E-state index is 0.914. The average molecular weight is 553 g/mol. The van der Waals surface area contributed by atoms with Crippen LogP contribution in [-0.4, -0.2) is 4.70 Å². The minimum Gasteiger partial charge on any atom is -0.493 e. The van der Waals surface area contributed by atoms with E-state index in [4.69, 9.17) is 0 Å². The van der Waals surface area contributed by atoms with Crippen LogP contribution in [0.3, 0.4) is 0 Å². The second kappa shape index (κ2) is 18.6. The fraction of sp³-hybridized carbons (Fsp3) is 0.538. The number of benzene rings is 2. The maximum atomic E-state index is 11.9. The number of nitrogens with zero attached hydrogens (tertiary/aromatic N) is 2. The van der Waals surface area contributed by atoms with Gasteiger partial charge in [-0.1, -0.05) is 122 Å². The summed E-state index contributed by atoms with van der Waals surface area (Å²) < 4.78 is 1.54. The number of allylic oxidation sites excluding steroid dienone is 4. The lowest BCUT2D eigenvalue weighted by molar-refractivity contribution is -0.345. The fourth-order valence-electron chi connectivity index (χ4n) is 6.15. The van der Waals surface area contributed by atoms with E-state index in [9.17, 15) is 5.53 Å². The van der Waals surface area contributed by atoms with Crippen LogP contribution in [0.2, 0.25) is 0 Å².